The SMILES string of the molecule is CCC1(CC)CC(CNC2CC2)(c2ccc(F)cc2Cl)C1. The summed E-state index contributed by atoms with van der Waals surface area (Å²) < 4.78 is 13.4. The standard InChI is InChI=1S/C18H25ClFN/c1-3-17(4-2)10-18(11-17,12-21-14-6-7-14)15-8-5-13(20)9-16(15)19/h5,8-9,14,21H,3-4,6-7,10-12H2,1-2H3. The second-order valence-electron chi connectivity index (χ2n) is 7.12. The molecule has 21 heavy (non-hydrogen) atoms. The first-order valence-corrected chi connectivity index (χ1v) is 8.59. The van der Waals surface area contributed by atoms with Gasteiger partial charge in [0.05, 0.1) is 0 Å². The Balaban J connectivity index is 1.85. The molecule has 3 heteroatoms. The molecule has 3 rings (SSSR count). The summed E-state index contributed by atoms with van der Waals surface area (Å²) in [5, 5.41) is 4.26. The molecule has 2 aliphatic carbocycles. The van der Waals surface area contributed by atoms with Gasteiger partial charge in [0.1, 0.15) is 5.82 Å². The van der Waals surface area contributed by atoms with Gasteiger partial charge in [-0.3, -0.25) is 0 Å². The third-order valence-electron chi connectivity index (χ3n) is 5.74. The zero-order valence-electron chi connectivity index (χ0n) is 13.0. The van der Waals surface area contributed by atoms with Crippen LogP contribution in [0.3, 0.4) is 0 Å². The third kappa shape index (κ3) is 2.85. The van der Waals surface area contributed by atoms with Crippen LogP contribution >= 0.6 is 11.6 Å². The molecule has 1 aromatic carbocycles. The van der Waals surface area contributed by atoms with Gasteiger partial charge >= 0.3 is 0 Å². The number of nitrogens with one attached hydrogen (secondary N) is 1. The predicted octanol–water partition coefficient (Wildman–Crippen LogP) is 5.07. The molecule has 0 spiro atoms. The molecule has 0 amide bonds. The minimum atomic E-state index is -0.245. The van der Waals surface area contributed by atoms with Crippen molar-refractivity contribution in [2.24, 2.45) is 5.41 Å². The van der Waals surface area contributed by atoms with Gasteiger partial charge in [0, 0.05) is 23.0 Å². The largest absolute Gasteiger partial charge is 0.313 e. The van der Waals surface area contributed by atoms with Gasteiger partial charge in [0.2, 0.25) is 0 Å². The molecule has 0 aromatic heterocycles. The molecule has 0 saturated heterocycles. The molecule has 0 unspecified atom stereocenters. The Kier molecular flexibility index (Phi) is 4.04. The minimum absolute atomic E-state index is 0.0966. The van der Waals surface area contributed by atoms with Crippen molar-refractivity contribution >= 4 is 11.6 Å². The normalized spacial score (nSPS) is 22.9. The summed E-state index contributed by atoms with van der Waals surface area (Å²) in [7, 11) is 0. The Labute approximate surface area is 132 Å². The van der Waals surface area contributed by atoms with Crippen molar-refractivity contribution in [3.05, 3.63) is 34.6 Å². The molecule has 2 saturated carbocycles. The monoisotopic (exact) mass is 309 g/mol. The zero-order valence-corrected chi connectivity index (χ0v) is 13.8. The first-order valence-electron chi connectivity index (χ1n) is 8.21. The van der Waals surface area contributed by atoms with E-state index in [9.17, 15) is 4.39 Å². The summed E-state index contributed by atoms with van der Waals surface area (Å²) >= 11 is 6.37. The third-order valence-corrected chi connectivity index (χ3v) is 6.05. The van der Waals surface area contributed by atoms with E-state index in [1.54, 1.807) is 6.07 Å². The van der Waals surface area contributed by atoms with Crippen LogP contribution in [0.15, 0.2) is 18.2 Å². The molecule has 0 radical (unpaired) electrons. The van der Waals surface area contributed by atoms with Crippen LogP contribution in [0.25, 0.3) is 0 Å². The Hall–Kier alpha value is -0.600. The second kappa shape index (κ2) is 5.55. The van der Waals surface area contributed by atoms with Crippen LogP contribution in [0.5, 0.6) is 0 Å². The van der Waals surface area contributed by atoms with Crippen LogP contribution in [0, 0.1) is 11.2 Å². The van der Waals surface area contributed by atoms with Crippen molar-refractivity contribution in [2.45, 2.75) is 63.8 Å². The van der Waals surface area contributed by atoms with Crippen molar-refractivity contribution in [1.82, 2.24) is 5.32 Å². The summed E-state index contributed by atoms with van der Waals surface area (Å²) in [5.41, 5.74) is 1.68. The molecule has 1 N–H and O–H groups in total. The topological polar surface area (TPSA) is 12.0 Å². The molecule has 0 heterocycles. The number of halogens is 2. The molecule has 0 bridgehead atoms. The number of hydrogen-bond donors (Lipinski definition) is 1. The van der Waals surface area contributed by atoms with Gasteiger partial charge in [-0.2, -0.15) is 0 Å². The maximum atomic E-state index is 13.4. The number of rotatable bonds is 6. The van der Waals surface area contributed by atoms with Crippen LogP contribution in [0.2, 0.25) is 5.02 Å². The maximum Gasteiger partial charge on any atom is 0.124 e. The van der Waals surface area contributed by atoms with Gasteiger partial charge in [0.25, 0.3) is 0 Å². The van der Waals surface area contributed by atoms with E-state index in [0.29, 0.717) is 16.5 Å². The van der Waals surface area contributed by atoms with E-state index >= 15 is 0 Å². The lowest BCUT2D eigenvalue weighted by atomic mass is 9.48. The van der Waals surface area contributed by atoms with Gasteiger partial charge in [-0.25, -0.2) is 4.39 Å². The Morgan fingerprint density at radius 1 is 1.24 bits per heavy atom. The molecular formula is C18H25ClFN. The van der Waals surface area contributed by atoms with Crippen molar-refractivity contribution in [1.29, 1.82) is 0 Å². The summed E-state index contributed by atoms with van der Waals surface area (Å²) in [4.78, 5) is 0. The average Bonchev–Trinajstić information content (AvgIpc) is 3.23. The lowest BCUT2D eigenvalue weighted by Crippen LogP contribution is -2.54. The van der Waals surface area contributed by atoms with Crippen molar-refractivity contribution < 1.29 is 4.39 Å². The van der Waals surface area contributed by atoms with Gasteiger partial charge in [-0.05, 0) is 48.8 Å². The fourth-order valence-electron chi connectivity index (χ4n) is 4.09. The Morgan fingerprint density at radius 2 is 1.90 bits per heavy atom. The van der Waals surface area contributed by atoms with Crippen molar-refractivity contribution in [3.8, 4) is 0 Å². The first kappa shape index (κ1) is 15.3. The van der Waals surface area contributed by atoms with Gasteiger partial charge < -0.3 is 5.32 Å². The lowest BCUT2D eigenvalue weighted by Gasteiger charge is -2.57. The molecular weight excluding hydrogens is 285 g/mol. The fraction of sp³-hybridized carbons (Fsp3) is 0.667. The number of hydrogen-bond acceptors (Lipinski definition) is 1. The zero-order chi connectivity index (χ0) is 15.1. The van der Waals surface area contributed by atoms with Crippen molar-refractivity contribution in [2.75, 3.05) is 6.54 Å². The van der Waals surface area contributed by atoms with Crippen molar-refractivity contribution in [3.63, 3.8) is 0 Å². The summed E-state index contributed by atoms with van der Waals surface area (Å²) in [6.07, 6.45) is 7.34. The first-order chi connectivity index (χ1) is 10.0. The van der Waals surface area contributed by atoms with Gasteiger partial charge in [0.15, 0.2) is 0 Å². The van der Waals surface area contributed by atoms with Crippen LogP contribution in [0.1, 0.15) is 57.9 Å². The highest BCUT2D eigenvalue weighted by atomic mass is 35.5. The molecule has 0 atom stereocenters. The highest BCUT2D eigenvalue weighted by molar-refractivity contribution is 6.31. The maximum absolute atomic E-state index is 13.4. The molecule has 2 aliphatic rings. The fourth-order valence-corrected chi connectivity index (χ4v) is 4.46. The van der Waals surface area contributed by atoms with Crippen LogP contribution in [-0.2, 0) is 5.41 Å². The quantitative estimate of drug-likeness (QED) is 0.773. The van der Waals surface area contributed by atoms with Gasteiger partial charge in [-0.1, -0.05) is 44.4 Å². The van der Waals surface area contributed by atoms with Crippen LogP contribution in [-0.4, -0.2) is 12.6 Å². The Morgan fingerprint density at radius 3 is 2.43 bits per heavy atom. The minimum Gasteiger partial charge on any atom is -0.313 e. The summed E-state index contributed by atoms with van der Waals surface area (Å²) in [5.74, 6) is -0.245. The smallest absolute Gasteiger partial charge is 0.124 e. The summed E-state index contributed by atoms with van der Waals surface area (Å²) in [6.45, 7) is 5.55. The predicted molar refractivity (Wildman–Crippen MR) is 86.4 cm³/mol. The van der Waals surface area contributed by atoms with Gasteiger partial charge in [-0.15, -0.1) is 0 Å². The highest BCUT2D eigenvalue weighted by Crippen LogP contribution is 2.60. The van der Waals surface area contributed by atoms with Crippen LogP contribution in [0.4, 0.5) is 4.39 Å². The highest BCUT2D eigenvalue weighted by Gasteiger charge is 2.54. The average molecular weight is 310 g/mol. The molecule has 2 fully saturated rings. The molecule has 116 valence electrons. The van der Waals surface area contributed by atoms with E-state index in [4.69, 9.17) is 11.6 Å². The summed E-state index contributed by atoms with van der Waals surface area (Å²) in [6, 6.07) is 5.62. The van der Waals surface area contributed by atoms with E-state index in [-0.39, 0.29) is 11.2 Å². The molecule has 1 nitrogen and oxygen atoms in total. The van der Waals surface area contributed by atoms with E-state index in [2.05, 4.69) is 19.2 Å². The van der Waals surface area contributed by atoms with E-state index in [1.165, 1.54) is 31.7 Å². The number of benzene rings is 1. The van der Waals surface area contributed by atoms with E-state index < -0.39 is 0 Å². The van der Waals surface area contributed by atoms with E-state index in [1.807, 2.05) is 6.07 Å². The molecule has 1 aromatic rings. The van der Waals surface area contributed by atoms with Crippen LogP contribution < -0.4 is 5.32 Å². The molecule has 0 aliphatic heterocycles. The van der Waals surface area contributed by atoms with E-state index in [0.717, 1.165) is 24.9 Å². The second-order valence-corrected chi connectivity index (χ2v) is 7.53. The Bertz CT molecular complexity index is 512. The lowest BCUT2D eigenvalue weighted by molar-refractivity contribution is 0.0127.